The largest absolute Gasteiger partial charge is 0.382 e. The molecule has 0 amide bonds. The number of nitrogen functional groups attached to an aromatic ring is 1. The van der Waals surface area contributed by atoms with Crippen LogP contribution in [-0.4, -0.2) is 19.1 Å². The highest BCUT2D eigenvalue weighted by Gasteiger charge is 2.16. The molecule has 0 fully saturated rings. The molecule has 3 heterocycles. The normalized spacial score (nSPS) is 10.9. The summed E-state index contributed by atoms with van der Waals surface area (Å²) in [7, 11) is 1.90. The first-order valence-corrected chi connectivity index (χ1v) is 7.68. The van der Waals surface area contributed by atoms with Crippen molar-refractivity contribution >= 4 is 33.7 Å². The van der Waals surface area contributed by atoms with Gasteiger partial charge in [0, 0.05) is 36.4 Å². The highest BCUT2D eigenvalue weighted by molar-refractivity contribution is 7.15. The predicted molar refractivity (Wildman–Crippen MR) is 82.9 cm³/mol. The van der Waals surface area contributed by atoms with E-state index in [9.17, 15) is 0 Å². The number of hydrogen-bond acceptors (Lipinski definition) is 7. The van der Waals surface area contributed by atoms with Gasteiger partial charge in [-0.25, -0.2) is 4.98 Å². The van der Waals surface area contributed by atoms with E-state index in [1.54, 1.807) is 16.0 Å². The Labute approximate surface area is 124 Å². The molecule has 3 aromatic heterocycles. The second-order valence-electron chi connectivity index (χ2n) is 4.44. The van der Waals surface area contributed by atoms with Crippen molar-refractivity contribution in [1.82, 2.24) is 19.1 Å². The summed E-state index contributed by atoms with van der Waals surface area (Å²) in [6.07, 6.45) is 3.81. The maximum absolute atomic E-state index is 5.97. The Morgan fingerprint density at radius 2 is 2.30 bits per heavy atom. The van der Waals surface area contributed by atoms with Crippen LogP contribution in [0.5, 0.6) is 0 Å². The van der Waals surface area contributed by atoms with Crippen LogP contribution in [0.15, 0.2) is 17.8 Å². The average Bonchev–Trinajstić information content (AvgIpc) is 3.09. The van der Waals surface area contributed by atoms with Crippen molar-refractivity contribution in [3.8, 4) is 10.6 Å². The molecule has 3 aromatic rings. The monoisotopic (exact) mass is 306 g/mol. The van der Waals surface area contributed by atoms with Crippen LogP contribution in [0, 0.1) is 6.92 Å². The Hall–Kier alpha value is -1.93. The number of nitrogens with one attached hydrogen (secondary N) is 1. The zero-order chi connectivity index (χ0) is 14.1. The molecule has 3 rings (SSSR count). The van der Waals surface area contributed by atoms with E-state index in [1.807, 2.05) is 31.7 Å². The fourth-order valence-corrected chi connectivity index (χ4v) is 3.47. The Balaban J connectivity index is 1.83. The second-order valence-corrected chi connectivity index (χ2v) is 6.07. The van der Waals surface area contributed by atoms with Gasteiger partial charge in [-0.3, -0.25) is 4.68 Å². The minimum Gasteiger partial charge on any atom is -0.382 e. The van der Waals surface area contributed by atoms with Crippen LogP contribution in [0.3, 0.4) is 0 Å². The Bertz CT molecular complexity index is 726. The van der Waals surface area contributed by atoms with Crippen LogP contribution in [0.2, 0.25) is 0 Å². The van der Waals surface area contributed by atoms with Gasteiger partial charge in [0.25, 0.3) is 0 Å². The first-order valence-electron chi connectivity index (χ1n) is 6.02. The molecule has 0 unspecified atom stereocenters. The fraction of sp³-hybridized carbons (Fsp3) is 0.250. The topological polar surface area (TPSA) is 81.6 Å². The molecule has 0 atom stereocenters. The summed E-state index contributed by atoms with van der Waals surface area (Å²) in [5.74, 6) is 0.526. The third kappa shape index (κ3) is 2.52. The summed E-state index contributed by atoms with van der Waals surface area (Å²) < 4.78 is 6.00. The lowest BCUT2D eigenvalue weighted by molar-refractivity contribution is 0.767. The quantitative estimate of drug-likeness (QED) is 0.774. The number of rotatable bonds is 4. The highest BCUT2D eigenvalue weighted by Crippen LogP contribution is 2.38. The van der Waals surface area contributed by atoms with E-state index in [0.29, 0.717) is 12.4 Å². The molecule has 20 heavy (non-hydrogen) atoms. The van der Waals surface area contributed by atoms with Crippen LogP contribution >= 0.6 is 22.9 Å². The molecule has 0 bridgehead atoms. The van der Waals surface area contributed by atoms with Gasteiger partial charge in [-0.1, -0.05) is 0 Å². The molecule has 0 spiro atoms. The lowest BCUT2D eigenvalue weighted by atomic mass is 10.3. The zero-order valence-corrected chi connectivity index (χ0v) is 12.8. The van der Waals surface area contributed by atoms with Crippen LogP contribution in [0.1, 0.15) is 11.3 Å². The maximum Gasteiger partial charge on any atom is 0.149 e. The Morgan fingerprint density at radius 3 is 2.95 bits per heavy atom. The van der Waals surface area contributed by atoms with Gasteiger partial charge < -0.3 is 11.1 Å². The number of nitrogens with zero attached hydrogens (tertiary/aromatic N) is 4. The van der Waals surface area contributed by atoms with E-state index in [-0.39, 0.29) is 0 Å². The van der Waals surface area contributed by atoms with E-state index in [2.05, 4.69) is 19.8 Å². The van der Waals surface area contributed by atoms with Crippen LogP contribution in [0.4, 0.5) is 10.8 Å². The van der Waals surface area contributed by atoms with Crippen LogP contribution in [0.25, 0.3) is 10.6 Å². The maximum atomic E-state index is 5.97. The number of hydrogen-bond donors (Lipinski definition) is 2. The smallest absolute Gasteiger partial charge is 0.149 e. The Kier molecular flexibility index (Phi) is 3.41. The number of nitrogens with two attached hydrogens (primary N) is 1. The van der Waals surface area contributed by atoms with E-state index >= 15 is 0 Å². The van der Waals surface area contributed by atoms with Gasteiger partial charge in [0.1, 0.15) is 15.8 Å². The molecule has 0 aliphatic rings. The number of thiazole rings is 1. The molecular formula is C12H14N6S2. The van der Waals surface area contributed by atoms with Crippen molar-refractivity contribution in [2.45, 2.75) is 13.5 Å². The third-order valence-electron chi connectivity index (χ3n) is 2.76. The molecular weight excluding hydrogens is 292 g/mol. The van der Waals surface area contributed by atoms with Crippen molar-refractivity contribution in [2.75, 3.05) is 11.1 Å². The highest BCUT2D eigenvalue weighted by atomic mass is 32.1. The van der Waals surface area contributed by atoms with Crippen molar-refractivity contribution in [3.63, 3.8) is 0 Å². The van der Waals surface area contributed by atoms with Gasteiger partial charge in [0.15, 0.2) is 0 Å². The van der Waals surface area contributed by atoms with E-state index in [1.165, 1.54) is 11.5 Å². The van der Waals surface area contributed by atoms with Crippen molar-refractivity contribution in [2.24, 2.45) is 7.05 Å². The minimum absolute atomic E-state index is 0.526. The molecule has 0 saturated carbocycles. The predicted octanol–water partition coefficient (Wildman–Crippen LogP) is 2.50. The lowest BCUT2D eigenvalue weighted by Gasteiger charge is -2.03. The molecule has 8 heteroatoms. The van der Waals surface area contributed by atoms with E-state index in [4.69, 9.17) is 5.73 Å². The van der Waals surface area contributed by atoms with Gasteiger partial charge in [-0.15, -0.1) is 11.3 Å². The van der Waals surface area contributed by atoms with Crippen LogP contribution in [-0.2, 0) is 13.6 Å². The summed E-state index contributed by atoms with van der Waals surface area (Å²) >= 11 is 2.94. The first-order chi connectivity index (χ1) is 9.63. The first kappa shape index (κ1) is 13.1. The number of aryl methyl sites for hydroxylation is 2. The molecule has 0 radical (unpaired) electrons. The second kappa shape index (κ2) is 5.22. The molecule has 0 saturated heterocycles. The van der Waals surface area contributed by atoms with Gasteiger partial charge in [-0.05, 0) is 18.5 Å². The van der Waals surface area contributed by atoms with Crippen molar-refractivity contribution in [3.05, 3.63) is 29.0 Å². The van der Waals surface area contributed by atoms with Crippen molar-refractivity contribution in [1.29, 1.82) is 0 Å². The molecule has 0 aliphatic carbocycles. The number of anilines is 2. The average molecular weight is 306 g/mol. The van der Waals surface area contributed by atoms with Gasteiger partial charge in [-0.2, -0.15) is 9.47 Å². The van der Waals surface area contributed by atoms with E-state index < -0.39 is 0 Å². The summed E-state index contributed by atoms with van der Waals surface area (Å²) in [6, 6.07) is 0. The molecule has 0 aliphatic heterocycles. The summed E-state index contributed by atoms with van der Waals surface area (Å²) in [5.41, 5.74) is 8.97. The van der Waals surface area contributed by atoms with Crippen molar-refractivity contribution < 1.29 is 0 Å². The van der Waals surface area contributed by atoms with Gasteiger partial charge in [0.05, 0.1) is 11.8 Å². The summed E-state index contributed by atoms with van der Waals surface area (Å²) in [6.45, 7) is 2.66. The van der Waals surface area contributed by atoms with Gasteiger partial charge >= 0.3 is 0 Å². The summed E-state index contributed by atoms with van der Waals surface area (Å²) in [4.78, 5) is 4.48. The lowest BCUT2D eigenvalue weighted by Crippen LogP contribution is -1.98. The molecule has 6 nitrogen and oxygen atoms in total. The summed E-state index contributed by atoms with van der Waals surface area (Å²) in [5, 5.41) is 11.4. The standard InChI is InChI=1S/C12H14N6S2/c1-7-6-19-12(16-7)9-10(13)17-20-11(9)14-3-8-4-15-18(2)5-8/h4-6,14H,3H2,1-2H3,(H2,13,17). The SMILES string of the molecule is Cc1csc(-c2c(N)nsc2NCc2cnn(C)c2)n1. The molecule has 3 N–H and O–H groups in total. The zero-order valence-electron chi connectivity index (χ0n) is 11.1. The van der Waals surface area contributed by atoms with Gasteiger partial charge in [0.2, 0.25) is 0 Å². The minimum atomic E-state index is 0.526. The molecule has 104 valence electrons. The van der Waals surface area contributed by atoms with E-state index in [0.717, 1.165) is 26.8 Å². The van der Waals surface area contributed by atoms with Crippen LogP contribution < -0.4 is 11.1 Å². The number of aromatic nitrogens is 4. The molecule has 0 aromatic carbocycles. The Morgan fingerprint density at radius 1 is 1.45 bits per heavy atom. The fourth-order valence-electron chi connectivity index (χ4n) is 1.84. The third-order valence-corrected chi connectivity index (χ3v) is 4.56.